The van der Waals surface area contributed by atoms with Gasteiger partial charge in [0.1, 0.15) is 0 Å². The Balaban J connectivity index is 2.08. The molecule has 0 heterocycles. The molecule has 21 heavy (non-hydrogen) atoms. The molecule has 0 radical (unpaired) electrons. The first-order chi connectivity index (χ1) is 9.97. The molecule has 0 aliphatic rings. The Morgan fingerprint density at radius 1 is 0.857 bits per heavy atom. The molecule has 2 rings (SSSR count). The monoisotopic (exact) mass is 287 g/mol. The van der Waals surface area contributed by atoms with E-state index < -0.39 is 9.85 Å². The van der Waals surface area contributed by atoms with E-state index in [4.69, 9.17) is 5.73 Å². The van der Waals surface area contributed by atoms with E-state index in [9.17, 15) is 20.2 Å². The maximum absolute atomic E-state index is 10.6. The van der Waals surface area contributed by atoms with Crippen LogP contribution in [0, 0.1) is 20.2 Å². The molecule has 2 aromatic carbocycles. The van der Waals surface area contributed by atoms with Crippen LogP contribution in [0.5, 0.6) is 0 Å². The van der Waals surface area contributed by atoms with E-state index in [1.54, 1.807) is 24.3 Å². The van der Waals surface area contributed by atoms with Gasteiger partial charge in [0, 0.05) is 30.3 Å². The average molecular weight is 287 g/mol. The van der Waals surface area contributed by atoms with E-state index in [1.807, 2.05) is 0 Å². The summed E-state index contributed by atoms with van der Waals surface area (Å²) >= 11 is 0. The summed E-state index contributed by atoms with van der Waals surface area (Å²) < 4.78 is 0. The van der Waals surface area contributed by atoms with Crippen LogP contribution in [0.1, 0.15) is 17.2 Å². The maximum atomic E-state index is 10.6. The number of nitro groups is 2. The smallest absolute Gasteiger partial charge is 0.269 e. The minimum Gasteiger partial charge on any atom is -0.324 e. The van der Waals surface area contributed by atoms with Crippen LogP contribution in [-0.2, 0) is 6.42 Å². The van der Waals surface area contributed by atoms with Crippen LogP contribution in [0.25, 0.3) is 0 Å². The first kappa shape index (κ1) is 14.6. The van der Waals surface area contributed by atoms with Crippen molar-refractivity contribution in [3.63, 3.8) is 0 Å². The highest BCUT2D eigenvalue weighted by atomic mass is 16.6. The van der Waals surface area contributed by atoms with Crippen LogP contribution in [0.15, 0.2) is 48.5 Å². The van der Waals surface area contributed by atoms with Gasteiger partial charge in [-0.3, -0.25) is 20.2 Å². The summed E-state index contributed by atoms with van der Waals surface area (Å²) in [5.74, 6) is 0. The molecule has 0 spiro atoms. The Kier molecular flexibility index (Phi) is 4.24. The molecule has 0 aliphatic carbocycles. The molecule has 0 fully saturated rings. The number of nitro benzene ring substituents is 2. The van der Waals surface area contributed by atoms with Crippen molar-refractivity contribution in [1.82, 2.24) is 0 Å². The number of nitrogens with zero attached hydrogens (tertiary/aromatic N) is 2. The summed E-state index contributed by atoms with van der Waals surface area (Å²) in [6.45, 7) is 0. The third kappa shape index (κ3) is 3.61. The molecule has 0 saturated carbocycles. The van der Waals surface area contributed by atoms with Crippen LogP contribution in [-0.4, -0.2) is 9.85 Å². The minimum absolute atomic E-state index is 0.0151. The Morgan fingerprint density at radius 3 is 1.71 bits per heavy atom. The van der Waals surface area contributed by atoms with Gasteiger partial charge in [0.05, 0.1) is 9.85 Å². The lowest BCUT2D eigenvalue weighted by atomic mass is 9.99. The molecule has 0 aromatic heterocycles. The zero-order chi connectivity index (χ0) is 15.4. The lowest BCUT2D eigenvalue weighted by molar-refractivity contribution is -0.385. The fourth-order valence-electron chi connectivity index (χ4n) is 1.97. The van der Waals surface area contributed by atoms with Crippen molar-refractivity contribution in [2.24, 2.45) is 5.73 Å². The second kappa shape index (κ2) is 6.10. The van der Waals surface area contributed by atoms with E-state index in [0.29, 0.717) is 6.42 Å². The third-order valence-corrected chi connectivity index (χ3v) is 3.13. The molecule has 0 amide bonds. The molecule has 1 atom stereocenters. The lowest BCUT2D eigenvalue weighted by Gasteiger charge is -2.11. The van der Waals surface area contributed by atoms with Crippen molar-refractivity contribution in [1.29, 1.82) is 0 Å². The zero-order valence-corrected chi connectivity index (χ0v) is 11.0. The SMILES string of the molecule is N[C@H](Cc1ccc([N+](=O)[O-])cc1)c1ccc([N+](=O)[O-])cc1. The molecule has 0 unspecified atom stereocenters. The second-order valence-corrected chi connectivity index (χ2v) is 4.58. The van der Waals surface area contributed by atoms with Gasteiger partial charge >= 0.3 is 0 Å². The highest BCUT2D eigenvalue weighted by Gasteiger charge is 2.11. The van der Waals surface area contributed by atoms with Gasteiger partial charge in [-0.15, -0.1) is 0 Å². The van der Waals surface area contributed by atoms with E-state index in [-0.39, 0.29) is 17.4 Å². The number of hydrogen-bond acceptors (Lipinski definition) is 5. The predicted octanol–water partition coefficient (Wildman–Crippen LogP) is 2.75. The molecule has 2 aromatic rings. The van der Waals surface area contributed by atoms with Gasteiger partial charge < -0.3 is 5.73 Å². The Bertz CT molecular complexity index is 653. The number of hydrogen-bond donors (Lipinski definition) is 1. The van der Waals surface area contributed by atoms with E-state index in [0.717, 1.165) is 11.1 Å². The molecule has 0 bridgehead atoms. The van der Waals surface area contributed by atoms with Gasteiger partial charge in [-0.1, -0.05) is 24.3 Å². The van der Waals surface area contributed by atoms with Gasteiger partial charge in [0.15, 0.2) is 0 Å². The molecular formula is C14H13N3O4. The molecular weight excluding hydrogens is 274 g/mol. The first-order valence-electron chi connectivity index (χ1n) is 6.20. The highest BCUT2D eigenvalue weighted by Crippen LogP contribution is 2.20. The standard InChI is InChI=1S/C14H13N3O4/c15-14(11-3-7-13(8-4-11)17(20)21)9-10-1-5-12(6-2-10)16(18)19/h1-8,14H,9,15H2/t14-/m1/s1. The second-order valence-electron chi connectivity index (χ2n) is 4.58. The fourth-order valence-corrected chi connectivity index (χ4v) is 1.97. The predicted molar refractivity (Wildman–Crippen MR) is 76.8 cm³/mol. The Hall–Kier alpha value is -2.80. The van der Waals surface area contributed by atoms with Crippen molar-refractivity contribution < 1.29 is 9.85 Å². The van der Waals surface area contributed by atoms with Crippen molar-refractivity contribution in [3.05, 3.63) is 79.9 Å². The summed E-state index contributed by atoms with van der Waals surface area (Å²) in [4.78, 5) is 20.2. The summed E-state index contributed by atoms with van der Waals surface area (Å²) in [5, 5.41) is 21.1. The largest absolute Gasteiger partial charge is 0.324 e. The maximum Gasteiger partial charge on any atom is 0.269 e. The van der Waals surface area contributed by atoms with Crippen molar-refractivity contribution in [2.75, 3.05) is 0 Å². The van der Waals surface area contributed by atoms with Crippen LogP contribution < -0.4 is 5.73 Å². The topological polar surface area (TPSA) is 112 Å². The highest BCUT2D eigenvalue weighted by molar-refractivity contribution is 5.36. The molecule has 7 nitrogen and oxygen atoms in total. The van der Waals surface area contributed by atoms with Gasteiger partial charge in [0.25, 0.3) is 11.4 Å². The van der Waals surface area contributed by atoms with Crippen LogP contribution >= 0.6 is 0 Å². The van der Waals surface area contributed by atoms with Crippen molar-refractivity contribution in [2.45, 2.75) is 12.5 Å². The minimum atomic E-state index is -0.467. The number of benzene rings is 2. The number of non-ortho nitro benzene ring substituents is 2. The first-order valence-corrected chi connectivity index (χ1v) is 6.20. The fraction of sp³-hybridized carbons (Fsp3) is 0.143. The Morgan fingerprint density at radius 2 is 1.29 bits per heavy atom. The summed E-state index contributed by atoms with van der Waals surface area (Å²) in [6, 6.07) is 11.9. The van der Waals surface area contributed by atoms with Gasteiger partial charge in [-0.2, -0.15) is 0 Å². The van der Waals surface area contributed by atoms with E-state index in [2.05, 4.69) is 0 Å². The quantitative estimate of drug-likeness (QED) is 0.671. The van der Waals surface area contributed by atoms with E-state index in [1.165, 1.54) is 24.3 Å². The van der Waals surface area contributed by atoms with Gasteiger partial charge in [-0.05, 0) is 17.5 Å². The molecule has 7 heteroatoms. The molecule has 2 N–H and O–H groups in total. The van der Waals surface area contributed by atoms with Crippen molar-refractivity contribution in [3.8, 4) is 0 Å². The van der Waals surface area contributed by atoms with Crippen LogP contribution in [0.2, 0.25) is 0 Å². The number of nitrogens with two attached hydrogens (primary N) is 1. The van der Waals surface area contributed by atoms with E-state index >= 15 is 0 Å². The third-order valence-electron chi connectivity index (χ3n) is 3.13. The zero-order valence-electron chi connectivity index (χ0n) is 11.0. The Labute approximate surface area is 120 Å². The lowest BCUT2D eigenvalue weighted by Crippen LogP contribution is -2.13. The van der Waals surface area contributed by atoms with Crippen molar-refractivity contribution >= 4 is 11.4 Å². The average Bonchev–Trinajstić information content (AvgIpc) is 2.47. The van der Waals surface area contributed by atoms with Crippen LogP contribution in [0.4, 0.5) is 11.4 Å². The summed E-state index contributed by atoms with van der Waals surface area (Å²) in [6.07, 6.45) is 0.496. The van der Waals surface area contributed by atoms with Gasteiger partial charge in [-0.25, -0.2) is 0 Å². The summed E-state index contributed by atoms with van der Waals surface area (Å²) in [7, 11) is 0. The van der Waals surface area contributed by atoms with Crippen LogP contribution in [0.3, 0.4) is 0 Å². The molecule has 108 valence electrons. The van der Waals surface area contributed by atoms with Gasteiger partial charge in [0.2, 0.25) is 0 Å². The molecule has 0 aliphatic heterocycles. The normalized spacial score (nSPS) is 11.9. The molecule has 0 saturated heterocycles. The summed E-state index contributed by atoms with van der Waals surface area (Å²) in [5.41, 5.74) is 7.74. The number of rotatable bonds is 5.